The van der Waals surface area contributed by atoms with E-state index >= 15 is 0 Å². The van der Waals surface area contributed by atoms with Gasteiger partial charge >= 0.3 is 0 Å². The maximum atomic E-state index is 2.37. The van der Waals surface area contributed by atoms with E-state index in [4.69, 9.17) is 0 Å². The van der Waals surface area contributed by atoms with Crippen LogP contribution in [0.3, 0.4) is 0 Å². The predicted octanol–water partition coefficient (Wildman–Crippen LogP) is 4.11. The van der Waals surface area contributed by atoms with Crippen molar-refractivity contribution in [1.82, 2.24) is 0 Å². The van der Waals surface area contributed by atoms with Crippen LogP contribution in [-0.2, 0) is 0 Å². The molecular weight excluding hydrogens is 156 g/mol. The van der Waals surface area contributed by atoms with Crippen molar-refractivity contribution in [3.05, 3.63) is 36.0 Å². The van der Waals surface area contributed by atoms with Crippen LogP contribution in [0.25, 0.3) is 0 Å². The Kier molecular flexibility index (Phi) is 3.13. The van der Waals surface area contributed by atoms with Gasteiger partial charge in [-0.25, -0.2) is 0 Å². The summed E-state index contributed by atoms with van der Waals surface area (Å²) in [6.07, 6.45) is 12.4. The van der Waals surface area contributed by atoms with Crippen molar-refractivity contribution in [3.8, 4) is 0 Å². The van der Waals surface area contributed by atoms with Gasteiger partial charge in [-0.15, -0.1) is 0 Å². The highest BCUT2D eigenvalue weighted by atomic mass is 14.2. The predicted molar refractivity (Wildman–Crippen MR) is 59.6 cm³/mol. The van der Waals surface area contributed by atoms with Crippen molar-refractivity contribution < 1.29 is 0 Å². The van der Waals surface area contributed by atoms with Crippen LogP contribution in [0.5, 0.6) is 0 Å². The van der Waals surface area contributed by atoms with Crippen molar-refractivity contribution >= 4 is 0 Å². The van der Waals surface area contributed by atoms with Crippen LogP contribution >= 0.6 is 0 Å². The molecule has 0 aromatic rings. The molecule has 1 aliphatic rings. The van der Waals surface area contributed by atoms with Crippen molar-refractivity contribution in [3.63, 3.8) is 0 Å². The second-order valence-corrected chi connectivity index (χ2v) is 4.71. The zero-order valence-corrected chi connectivity index (χ0v) is 9.17. The molecule has 0 saturated carbocycles. The fraction of sp³-hybridized carbons (Fsp3) is 0.538. The first-order valence-electron chi connectivity index (χ1n) is 5.07. The maximum Gasteiger partial charge on any atom is 0.00439 e. The Labute approximate surface area is 82.0 Å². The van der Waals surface area contributed by atoms with Gasteiger partial charge in [0.15, 0.2) is 0 Å². The second kappa shape index (κ2) is 3.95. The average molecular weight is 176 g/mol. The molecule has 0 aromatic heterocycles. The molecule has 0 amide bonds. The Hall–Kier alpha value is -0.780. The largest absolute Gasteiger partial charge is 0.0748 e. The lowest BCUT2D eigenvalue weighted by molar-refractivity contribution is 0.409. The quantitative estimate of drug-likeness (QED) is 0.594. The van der Waals surface area contributed by atoms with Crippen LogP contribution in [0.2, 0.25) is 0 Å². The highest BCUT2D eigenvalue weighted by molar-refractivity contribution is 5.29. The lowest BCUT2D eigenvalue weighted by atomic mass is 9.81. The average Bonchev–Trinajstić information content (AvgIpc) is 2.09. The van der Waals surface area contributed by atoms with Crippen molar-refractivity contribution in [2.45, 2.75) is 34.1 Å². The molecule has 0 nitrogen and oxygen atoms in total. The topological polar surface area (TPSA) is 0 Å². The molecule has 0 aromatic carbocycles. The van der Waals surface area contributed by atoms with Gasteiger partial charge in [0.1, 0.15) is 0 Å². The van der Waals surface area contributed by atoms with Crippen LogP contribution in [0.1, 0.15) is 34.1 Å². The van der Waals surface area contributed by atoms with Crippen molar-refractivity contribution in [2.75, 3.05) is 0 Å². The first-order valence-corrected chi connectivity index (χ1v) is 5.07. The Bertz CT molecular complexity index is 253. The number of allylic oxidation sites excluding steroid dienone is 6. The minimum atomic E-state index is 0.252. The van der Waals surface area contributed by atoms with Gasteiger partial charge in [-0.2, -0.15) is 0 Å². The molecule has 0 spiro atoms. The number of rotatable bonds is 2. The van der Waals surface area contributed by atoms with E-state index in [0.717, 1.165) is 5.92 Å². The van der Waals surface area contributed by atoms with E-state index < -0.39 is 0 Å². The van der Waals surface area contributed by atoms with Crippen LogP contribution < -0.4 is 0 Å². The van der Waals surface area contributed by atoms with E-state index in [1.807, 2.05) is 0 Å². The van der Waals surface area contributed by atoms with Gasteiger partial charge in [0.25, 0.3) is 0 Å². The summed E-state index contributed by atoms with van der Waals surface area (Å²) in [6.45, 7) is 9.03. The summed E-state index contributed by atoms with van der Waals surface area (Å²) in [5.41, 5.74) is 1.62. The molecule has 0 fully saturated rings. The minimum absolute atomic E-state index is 0.252. The van der Waals surface area contributed by atoms with E-state index in [0.29, 0.717) is 0 Å². The summed E-state index contributed by atoms with van der Waals surface area (Å²) in [5, 5.41) is 0. The normalized spacial score (nSPS) is 27.6. The third-order valence-corrected chi connectivity index (χ3v) is 2.35. The Morgan fingerprint density at radius 1 is 1.31 bits per heavy atom. The number of hydrogen-bond donors (Lipinski definition) is 0. The monoisotopic (exact) mass is 176 g/mol. The van der Waals surface area contributed by atoms with E-state index in [2.05, 4.69) is 58.1 Å². The molecule has 1 atom stereocenters. The summed E-state index contributed by atoms with van der Waals surface area (Å²) in [7, 11) is 0. The van der Waals surface area contributed by atoms with Crippen LogP contribution in [0.15, 0.2) is 36.0 Å². The van der Waals surface area contributed by atoms with Crippen LogP contribution in [0.4, 0.5) is 0 Å². The third-order valence-electron chi connectivity index (χ3n) is 2.35. The standard InChI is InChI=1S/C13H20/c1-11(2)9-13(4)8-6-5-7-12(3)10-13/h5-8,10-11H,9H2,1-4H3. The fourth-order valence-electron chi connectivity index (χ4n) is 2.11. The lowest BCUT2D eigenvalue weighted by Crippen LogP contribution is -2.13. The molecule has 0 bridgehead atoms. The maximum absolute atomic E-state index is 2.37. The van der Waals surface area contributed by atoms with Crippen LogP contribution in [-0.4, -0.2) is 0 Å². The van der Waals surface area contributed by atoms with Crippen LogP contribution in [0, 0.1) is 11.3 Å². The summed E-state index contributed by atoms with van der Waals surface area (Å²) < 4.78 is 0. The molecule has 1 rings (SSSR count). The second-order valence-electron chi connectivity index (χ2n) is 4.71. The highest BCUT2D eigenvalue weighted by Gasteiger charge is 2.19. The summed E-state index contributed by atoms with van der Waals surface area (Å²) >= 11 is 0. The van der Waals surface area contributed by atoms with Gasteiger partial charge in [0.05, 0.1) is 0 Å². The minimum Gasteiger partial charge on any atom is -0.0748 e. The van der Waals surface area contributed by atoms with Gasteiger partial charge in [-0.1, -0.05) is 56.7 Å². The van der Waals surface area contributed by atoms with Gasteiger partial charge < -0.3 is 0 Å². The summed E-state index contributed by atoms with van der Waals surface area (Å²) in [4.78, 5) is 0. The third kappa shape index (κ3) is 3.22. The SMILES string of the molecule is CC1=CC(C)(CC(C)C)C=CC=C1. The molecule has 0 heterocycles. The van der Waals surface area contributed by atoms with E-state index in [1.165, 1.54) is 12.0 Å². The first kappa shape index (κ1) is 10.3. The Morgan fingerprint density at radius 2 is 2.00 bits per heavy atom. The summed E-state index contributed by atoms with van der Waals surface area (Å²) in [6, 6.07) is 0. The molecule has 72 valence electrons. The smallest absolute Gasteiger partial charge is 0.00439 e. The molecular formula is C13H20. The molecule has 13 heavy (non-hydrogen) atoms. The molecule has 1 aliphatic carbocycles. The van der Waals surface area contributed by atoms with Gasteiger partial charge in [0, 0.05) is 5.41 Å². The van der Waals surface area contributed by atoms with Gasteiger partial charge in [-0.3, -0.25) is 0 Å². The molecule has 0 saturated heterocycles. The zero-order valence-electron chi connectivity index (χ0n) is 9.17. The van der Waals surface area contributed by atoms with Gasteiger partial charge in [0.2, 0.25) is 0 Å². The highest BCUT2D eigenvalue weighted by Crippen LogP contribution is 2.32. The summed E-state index contributed by atoms with van der Waals surface area (Å²) in [5.74, 6) is 0.747. The van der Waals surface area contributed by atoms with E-state index in [1.54, 1.807) is 0 Å². The zero-order chi connectivity index (χ0) is 9.90. The number of hydrogen-bond acceptors (Lipinski definition) is 0. The van der Waals surface area contributed by atoms with E-state index in [-0.39, 0.29) is 5.41 Å². The lowest BCUT2D eigenvalue weighted by Gasteiger charge is -2.24. The molecule has 1 unspecified atom stereocenters. The Morgan fingerprint density at radius 3 is 2.62 bits per heavy atom. The van der Waals surface area contributed by atoms with E-state index in [9.17, 15) is 0 Å². The molecule has 0 radical (unpaired) electrons. The molecule has 0 heteroatoms. The molecule has 0 N–H and O–H groups in total. The first-order chi connectivity index (χ1) is 6.02. The fourth-order valence-corrected chi connectivity index (χ4v) is 2.11. The van der Waals surface area contributed by atoms with Crippen molar-refractivity contribution in [2.24, 2.45) is 11.3 Å². The Balaban J connectivity index is 2.83. The van der Waals surface area contributed by atoms with Crippen molar-refractivity contribution in [1.29, 1.82) is 0 Å². The molecule has 0 aliphatic heterocycles. The van der Waals surface area contributed by atoms with Gasteiger partial charge in [-0.05, 0) is 19.3 Å².